The van der Waals surface area contributed by atoms with Gasteiger partial charge in [-0.25, -0.2) is 0 Å². The van der Waals surface area contributed by atoms with E-state index < -0.39 is 0 Å². The SMILES string of the molecule is Cn1cc(N)c(N2CC(=O)NC(=O)C2)n1. The first-order valence-electron chi connectivity index (χ1n) is 4.43. The minimum atomic E-state index is -0.337. The minimum absolute atomic E-state index is 0.104. The molecule has 1 aromatic rings. The van der Waals surface area contributed by atoms with Gasteiger partial charge < -0.3 is 10.6 Å². The van der Waals surface area contributed by atoms with Crippen LogP contribution in [0.25, 0.3) is 0 Å². The molecule has 2 rings (SSSR count). The molecule has 7 nitrogen and oxygen atoms in total. The number of aromatic nitrogens is 2. The van der Waals surface area contributed by atoms with Crippen molar-refractivity contribution in [3.05, 3.63) is 6.20 Å². The van der Waals surface area contributed by atoms with E-state index in [4.69, 9.17) is 5.73 Å². The summed E-state index contributed by atoms with van der Waals surface area (Å²) < 4.78 is 1.54. The van der Waals surface area contributed by atoms with Gasteiger partial charge in [-0.2, -0.15) is 5.10 Å². The fourth-order valence-electron chi connectivity index (χ4n) is 1.53. The lowest BCUT2D eigenvalue weighted by molar-refractivity contribution is -0.130. The van der Waals surface area contributed by atoms with Crippen LogP contribution in [0, 0.1) is 0 Å². The number of hydrogen-bond donors (Lipinski definition) is 2. The topological polar surface area (TPSA) is 93.2 Å². The standard InChI is InChI=1S/C8H11N5O2/c1-12-2-5(9)8(11-12)13-3-6(14)10-7(15)4-13/h2H,3-4,9H2,1H3,(H,10,14,15). The molecule has 80 valence electrons. The summed E-state index contributed by atoms with van der Waals surface area (Å²) in [5.41, 5.74) is 6.15. The second-order valence-electron chi connectivity index (χ2n) is 3.41. The van der Waals surface area contributed by atoms with Crippen molar-refractivity contribution >= 4 is 23.3 Å². The Morgan fingerprint density at radius 3 is 2.47 bits per heavy atom. The average molecular weight is 209 g/mol. The Bertz CT molecular complexity index is 409. The largest absolute Gasteiger partial charge is 0.394 e. The number of rotatable bonds is 1. The van der Waals surface area contributed by atoms with Crippen LogP contribution < -0.4 is 16.0 Å². The van der Waals surface area contributed by atoms with Crippen LogP contribution in [0.15, 0.2) is 6.20 Å². The van der Waals surface area contributed by atoms with Gasteiger partial charge in [0.1, 0.15) is 0 Å². The zero-order chi connectivity index (χ0) is 11.0. The number of piperazine rings is 1. The van der Waals surface area contributed by atoms with E-state index >= 15 is 0 Å². The Labute approximate surface area is 85.8 Å². The number of nitrogens with two attached hydrogens (primary N) is 1. The van der Waals surface area contributed by atoms with E-state index in [9.17, 15) is 9.59 Å². The Kier molecular flexibility index (Phi) is 2.07. The number of nitrogens with zero attached hydrogens (tertiary/aromatic N) is 3. The number of carbonyl (C=O) groups excluding carboxylic acids is 2. The first-order valence-corrected chi connectivity index (χ1v) is 4.43. The first-order chi connectivity index (χ1) is 7.06. The lowest BCUT2D eigenvalue weighted by Gasteiger charge is -2.25. The monoisotopic (exact) mass is 209 g/mol. The van der Waals surface area contributed by atoms with Crippen molar-refractivity contribution < 1.29 is 9.59 Å². The minimum Gasteiger partial charge on any atom is -0.394 e. The molecule has 2 amide bonds. The maximum Gasteiger partial charge on any atom is 0.246 e. The van der Waals surface area contributed by atoms with Crippen molar-refractivity contribution in [2.45, 2.75) is 0 Å². The molecular formula is C8H11N5O2. The number of imide groups is 1. The van der Waals surface area contributed by atoms with Crippen LogP contribution in [0.2, 0.25) is 0 Å². The molecule has 0 saturated carbocycles. The van der Waals surface area contributed by atoms with E-state index in [0.717, 1.165) is 0 Å². The smallest absolute Gasteiger partial charge is 0.246 e. The molecule has 0 bridgehead atoms. The lowest BCUT2D eigenvalue weighted by atomic mass is 10.3. The van der Waals surface area contributed by atoms with Gasteiger partial charge in [-0.3, -0.25) is 19.6 Å². The molecule has 1 aromatic heterocycles. The van der Waals surface area contributed by atoms with Crippen molar-refractivity contribution in [1.29, 1.82) is 0 Å². The lowest BCUT2D eigenvalue weighted by Crippen LogP contribution is -2.51. The number of nitrogen functional groups attached to an aromatic ring is 1. The molecule has 15 heavy (non-hydrogen) atoms. The molecule has 0 radical (unpaired) electrons. The Morgan fingerprint density at radius 2 is 2.00 bits per heavy atom. The van der Waals surface area contributed by atoms with E-state index in [-0.39, 0.29) is 24.9 Å². The summed E-state index contributed by atoms with van der Waals surface area (Å²) >= 11 is 0. The number of hydrogen-bond acceptors (Lipinski definition) is 5. The zero-order valence-corrected chi connectivity index (χ0v) is 8.23. The van der Waals surface area contributed by atoms with E-state index in [0.29, 0.717) is 11.5 Å². The second kappa shape index (κ2) is 3.26. The van der Waals surface area contributed by atoms with Gasteiger partial charge in [-0.1, -0.05) is 0 Å². The highest BCUT2D eigenvalue weighted by atomic mass is 16.2. The van der Waals surface area contributed by atoms with Gasteiger partial charge in [0.05, 0.1) is 18.8 Å². The highest BCUT2D eigenvalue weighted by Gasteiger charge is 2.25. The number of amides is 2. The molecule has 1 fully saturated rings. The van der Waals surface area contributed by atoms with Gasteiger partial charge in [-0.15, -0.1) is 0 Å². The van der Waals surface area contributed by atoms with Crippen LogP contribution >= 0.6 is 0 Å². The molecule has 7 heteroatoms. The van der Waals surface area contributed by atoms with E-state index in [1.54, 1.807) is 22.8 Å². The summed E-state index contributed by atoms with van der Waals surface area (Å²) in [4.78, 5) is 23.8. The summed E-state index contributed by atoms with van der Waals surface area (Å²) in [6.07, 6.45) is 1.63. The Morgan fingerprint density at radius 1 is 1.40 bits per heavy atom. The summed E-state index contributed by atoms with van der Waals surface area (Å²) in [5.74, 6) is -0.201. The molecule has 1 aliphatic heterocycles. The van der Waals surface area contributed by atoms with Crippen LogP contribution in [0.1, 0.15) is 0 Å². The quantitative estimate of drug-likeness (QED) is 0.547. The first kappa shape index (κ1) is 9.50. The van der Waals surface area contributed by atoms with Crippen molar-refractivity contribution in [3.8, 4) is 0 Å². The third-order valence-electron chi connectivity index (χ3n) is 2.08. The van der Waals surface area contributed by atoms with Crippen molar-refractivity contribution in [2.75, 3.05) is 23.7 Å². The van der Waals surface area contributed by atoms with Crippen LogP contribution in [-0.2, 0) is 16.6 Å². The molecule has 0 atom stereocenters. The molecule has 0 aliphatic carbocycles. The summed E-state index contributed by atoms with van der Waals surface area (Å²) in [6.45, 7) is 0.208. The average Bonchev–Trinajstić information content (AvgIpc) is 2.43. The van der Waals surface area contributed by atoms with Crippen LogP contribution in [-0.4, -0.2) is 34.7 Å². The number of aryl methyl sites for hydroxylation is 1. The molecule has 1 aliphatic rings. The summed E-state index contributed by atoms with van der Waals surface area (Å²) in [5, 5.41) is 6.30. The van der Waals surface area contributed by atoms with Crippen molar-refractivity contribution in [2.24, 2.45) is 7.05 Å². The highest BCUT2D eigenvalue weighted by Crippen LogP contribution is 2.20. The van der Waals surface area contributed by atoms with Gasteiger partial charge in [-0.05, 0) is 0 Å². The normalized spacial score (nSPS) is 16.7. The molecule has 0 aromatic carbocycles. The third-order valence-corrected chi connectivity index (χ3v) is 2.08. The zero-order valence-electron chi connectivity index (χ0n) is 8.23. The van der Waals surface area contributed by atoms with Gasteiger partial charge in [0.15, 0.2) is 5.82 Å². The fourth-order valence-corrected chi connectivity index (χ4v) is 1.53. The van der Waals surface area contributed by atoms with Gasteiger partial charge in [0.25, 0.3) is 0 Å². The molecule has 3 N–H and O–H groups in total. The van der Waals surface area contributed by atoms with Crippen molar-refractivity contribution in [3.63, 3.8) is 0 Å². The third kappa shape index (κ3) is 1.76. The predicted octanol–water partition coefficient (Wildman–Crippen LogP) is -1.53. The fraction of sp³-hybridized carbons (Fsp3) is 0.375. The highest BCUT2D eigenvalue weighted by molar-refractivity contribution is 6.02. The summed E-state index contributed by atoms with van der Waals surface area (Å²) in [6, 6.07) is 0. The summed E-state index contributed by atoms with van der Waals surface area (Å²) in [7, 11) is 1.73. The van der Waals surface area contributed by atoms with E-state index in [1.165, 1.54) is 0 Å². The predicted molar refractivity (Wildman–Crippen MR) is 53.0 cm³/mol. The number of anilines is 2. The van der Waals surface area contributed by atoms with Crippen LogP contribution in [0.3, 0.4) is 0 Å². The Balaban J connectivity index is 2.27. The van der Waals surface area contributed by atoms with Crippen LogP contribution in [0.4, 0.5) is 11.5 Å². The molecule has 0 spiro atoms. The maximum atomic E-state index is 11.1. The van der Waals surface area contributed by atoms with E-state index in [1.807, 2.05) is 0 Å². The van der Waals surface area contributed by atoms with Gasteiger partial charge in [0.2, 0.25) is 11.8 Å². The van der Waals surface area contributed by atoms with E-state index in [2.05, 4.69) is 10.4 Å². The molecular weight excluding hydrogens is 198 g/mol. The molecule has 0 unspecified atom stereocenters. The molecule has 1 saturated heterocycles. The number of nitrogens with one attached hydrogen (secondary N) is 1. The molecule has 2 heterocycles. The van der Waals surface area contributed by atoms with Gasteiger partial charge >= 0.3 is 0 Å². The van der Waals surface area contributed by atoms with Gasteiger partial charge in [0, 0.05) is 13.2 Å². The second-order valence-corrected chi connectivity index (χ2v) is 3.41. The van der Waals surface area contributed by atoms with Crippen molar-refractivity contribution in [1.82, 2.24) is 15.1 Å². The Hall–Kier alpha value is -2.05. The van der Waals surface area contributed by atoms with Crippen LogP contribution in [0.5, 0.6) is 0 Å². The number of carbonyl (C=O) groups is 2. The maximum absolute atomic E-state index is 11.1.